The highest BCUT2D eigenvalue weighted by Gasteiger charge is 2.16. The maximum atomic E-state index is 11.2. The maximum absolute atomic E-state index is 11.2. The van der Waals surface area contributed by atoms with Gasteiger partial charge in [0.25, 0.3) is 0 Å². The van der Waals surface area contributed by atoms with E-state index in [2.05, 4.69) is 11.4 Å². The molecule has 0 fully saturated rings. The number of fused-ring (bicyclic) bond motifs is 1. The molecule has 0 saturated carbocycles. The van der Waals surface area contributed by atoms with Crippen LogP contribution < -0.4 is 5.32 Å². The number of hydrogen-bond donors (Lipinski definition) is 1. The van der Waals surface area contributed by atoms with Crippen LogP contribution in [0.15, 0.2) is 18.2 Å². The molecule has 2 rings (SSSR count). The van der Waals surface area contributed by atoms with Crippen LogP contribution in [0.25, 0.3) is 0 Å². The van der Waals surface area contributed by atoms with Crippen molar-refractivity contribution in [3.63, 3.8) is 0 Å². The average molecular weight is 217 g/mol. The standard InChI is InChI=1S/C13H15NO2/c15-7-3-1-2-4-10-5-6-12-11(8-10)9-13(16)14-12/h5-8H,1-4,9H2,(H,14,16). The molecule has 1 amide bonds. The molecule has 1 aromatic rings. The molecule has 0 unspecified atom stereocenters. The highest BCUT2D eigenvalue weighted by molar-refractivity contribution is 5.99. The van der Waals surface area contributed by atoms with E-state index in [0.29, 0.717) is 12.8 Å². The van der Waals surface area contributed by atoms with Crippen molar-refractivity contribution in [3.8, 4) is 0 Å². The lowest BCUT2D eigenvalue weighted by atomic mass is 10.0. The van der Waals surface area contributed by atoms with Gasteiger partial charge in [-0.3, -0.25) is 4.79 Å². The molecule has 1 aromatic carbocycles. The number of nitrogens with one attached hydrogen (secondary N) is 1. The van der Waals surface area contributed by atoms with Crippen LogP contribution in [0.2, 0.25) is 0 Å². The van der Waals surface area contributed by atoms with Gasteiger partial charge in [0.2, 0.25) is 5.91 Å². The highest BCUT2D eigenvalue weighted by atomic mass is 16.1. The number of benzene rings is 1. The van der Waals surface area contributed by atoms with Crippen molar-refractivity contribution in [1.29, 1.82) is 0 Å². The summed E-state index contributed by atoms with van der Waals surface area (Å²) < 4.78 is 0. The molecule has 1 N–H and O–H groups in total. The van der Waals surface area contributed by atoms with Crippen LogP contribution in [0, 0.1) is 0 Å². The van der Waals surface area contributed by atoms with Crippen molar-refractivity contribution >= 4 is 17.9 Å². The quantitative estimate of drug-likeness (QED) is 0.606. The number of anilines is 1. The Kier molecular flexibility index (Phi) is 3.34. The third-order valence-electron chi connectivity index (χ3n) is 2.83. The molecule has 0 atom stereocenters. The molecule has 1 aliphatic heterocycles. The predicted octanol–water partition coefficient (Wildman–Crippen LogP) is 2.09. The Hall–Kier alpha value is -1.64. The van der Waals surface area contributed by atoms with Gasteiger partial charge in [0.15, 0.2) is 0 Å². The molecule has 0 aliphatic carbocycles. The van der Waals surface area contributed by atoms with Crippen LogP contribution in [0.1, 0.15) is 30.4 Å². The van der Waals surface area contributed by atoms with Crippen LogP contribution in [0.4, 0.5) is 5.69 Å². The Morgan fingerprint density at radius 2 is 2.19 bits per heavy atom. The zero-order valence-corrected chi connectivity index (χ0v) is 9.16. The number of carbonyl (C=O) groups excluding carboxylic acids is 2. The lowest BCUT2D eigenvalue weighted by Gasteiger charge is -2.03. The van der Waals surface area contributed by atoms with E-state index >= 15 is 0 Å². The van der Waals surface area contributed by atoms with Crippen molar-refractivity contribution in [2.75, 3.05) is 5.32 Å². The lowest BCUT2D eigenvalue weighted by Crippen LogP contribution is -2.03. The molecule has 0 bridgehead atoms. The summed E-state index contributed by atoms with van der Waals surface area (Å²) in [4.78, 5) is 21.3. The fourth-order valence-corrected chi connectivity index (χ4v) is 1.99. The summed E-state index contributed by atoms with van der Waals surface area (Å²) in [6.07, 6.45) is 5.06. The Morgan fingerprint density at radius 3 is 3.00 bits per heavy atom. The van der Waals surface area contributed by atoms with E-state index in [-0.39, 0.29) is 5.91 Å². The average Bonchev–Trinajstić information content (AvgIpc) is 2.64. The normalized spacial score (nSPS) is 13.4. The first-order chi connectivity index (χ1) is 7.79. The first-order valence-electron chi connectivity index (χ1n) is 5.65. The zero-order chi connectivity index (χ0) is 11.4. The summed E-state index contributed by atoms with van der Waals surface area (Å²) in [5, 5.41) is 2.82. The first kappa shape index (κ1) is 10.9. The molecular weight excluding hydrogens is 202 g/mol. The van der Waals surface area contributed by atoms with E-state index in [9.17, 15) is 9.59 Å². The molecule has 1 aliphatic rings. The second kappa shape index (κ2) is 4.92. The smallest absolute Gasteiger partial charge is 0.228 e. The molecule has 1 heterocycles. The molecule has 84 valence electrons. The SMILES string of the molecule is O=CCCCCc1ccc2c(c1)CC(=O)N2. The third-order valence-corrected chi connectivity index (χ3v) is 2.83. The summed E-state index contributed by atoms with van der Waals surface area (Å²) in [6, 6.07) is 6.11. The molecular formula is C13H15NO2. The Labute approximate surface area is 94.9 Å². The number of amides is 1. The summed E-state index contributed by atoms with van der Waals surface area (Å²) in [7, 11) is 0. The van der Waals surface area contributed by atoms with Gasteiger partial charge in [-0.05, 0) is 36.5 Å². The van der Waals surface area contributed by atoms with Gasteiger partial charge in [0, 0.05) is 12.1 Å². The number of aryl methyl sites for hydroxylation is 1. The summed E-state index contributed by atoms with van der Waals surface area (Å²) >= 11 is 0. The van der Waals surface area contributed by atoms with Gasteiger partial charge in [-0.25, -0.2) is 0 Å². The van der Waals surface area contributed by atoms with Crippen LogP contribution in [-0.4, -0.2) is 12.2 Å². The fraction of sp³-hybridized carbons (Fsp3) is 0.385. The van der Waals surface area contributed by atoms with Crippen molar-refractivity contribution < 1.29 is 9.59 Å². The van der Waals surface area contributed by atoms with Crippen LogP contribution in [0.3, 0.4) is 0 Å². The number of hydrogen-bond acceptors (Lipinski definition) is 2. The predicted molar refractivity (Wildman–Crippen MR) is 62.4 cm³/mol. The van der Waals surface area contributed by atoms with Gasteiger partial charge in [0.1, 0.15) is 6.29 Å². The number of unbranched alkanes of at least 4 members (excludes halogenated alkanes) is 2. The minimum atomic E-state index is 0.0769. The molecule has 16 heavy (non-hydrogen) atoms. The molecule has 0 aromatic heterocycles. The zero-order valence-electron chi connectivity index (χ0n) is 9.16. The Morgan fingerprint density at radius 1 is 1.31 bits per heavy atom. The van der Waals surface area contributed by atoms with Gasteiger partial charge < -0.3 is 10.1 Å². The highest BCUT2D eigenvalue weighted by Crippen LogP contribution is 2.24. The van der Waals surface area contributed by atoms with Gasteiger partial charge in [-0.2, -0.15) is 0 Å². The van der Waals surface area contributed by atoms with Crippen LogP contribution >= 0.6 is 0 Å². The minimum Gasteiger partial charge on any atom is -0.326 e. The monoisotopic (exact) mass is 217 g/mol. The van der Waals surface area contributed by atoms with Gasteiger partial charge in [-0.15, -0.1) is 0 Å². The molecule has 3 heteroatoms. The number of rotatable bonds is 5. The lowest BCUT2D eigenvalue weighted by molar-refractivity contribution is -0.115. The van der Waals surface area contributed by atoms with E-state index < -0.39 is 0 Å². The van der Waals surface area contributed by atoms with Crippen LogP contribution in [-0.2, 0) is 22.4 Å². The van der Waals surface area contributed by atoms with E-state index in [1.807, 2.05) is 12.1 Å². The third kappa shape index (κ3) is 2.48. The maximum Gasteiger partial charge on any atom is 0.228 e. The van der Waals surface area contributed by atoms with Crippen molar-refractivity contribution in [3.05, 3.63) is 29.3 Å². The van der Waals surface area contributed by atoms with Crippen molar-refractivity contribution in [2.24, 2.45) is 0 Å². The second-order valence-corrected chi connectivity index (χ2v) is 4.13. The van der Waals surface area contributed by atoms with E-state index in [1.54, 1.807) is 0 Å². The molecule has 0 saturated heterocycles. The first-order valence-corrected chi connectivity index (χ1v) is 5.65. The van der Waals surface area contributed by atoms with Crippen molar-refractivity contribution in [1.82, 2.24) is 0 Å². The molecule has 0 radical (unpaired) electrons. The Balaban J connectivity index is 1.94. The summed E-state index contributed by atoms with van der Waals surface area (Å²) in [5.41, 5.74) is 3.29. The minimum absolute atomic E-state index is 0.0769. The van der Waals surface area contributed by atoms with E-state index in [0.717, 1.165) is 36.8 Å². The fourth-order valence-electron chi connectivity index (χ4n) is 1.99. The number of aldehydes is 1. The van der Waals surface area contributed by atoms with Gasteiger partial charge in [0.05, 0.1) is 6.42 Å². The number of carbonyl (C=O) groups is 2. The summed E-state index contributed by atoms with van der Waals surface area (Å²) in [6.45, 7) is 0. The van der Waals surface area contributed by atoms with Crippen LogP contribution in [0.5, 0.6) is 0 Å². The largest absolute Gasteiger partial charge is 0.326 e. The van der Waals surface area contributed by atoms with Gasteiger partial charge >= 0.3 is 0 Å². The van der Waals surface area contributed by atoms with Crippen molar-refractivity contribution in [2.45, 2.75) is 32.1 Å². The second-order valence-electron chi connectivity index (χ2n) is 4.13. The Bertz CT molecular complexity index is 412. The summed E-state index contributed by atoms with van der Waals surface area (Å²) in [5.74, 6) is 0.0769. The topological polar surface area (TPSA) is 46.2 Å². The molecule has 3 nitrogen and oxygen atoms in total. The van der Waals surface area contributed by atoms with E-state index in [4.69, 9.17) is 0 Å². The van der Waals surface area contributed by atoms with Gasteiger partial charge in [-0.1, -0.05) is 12.1 Å². The van der Waals surface area contributed by atoms with E-state index in [1.165, 1.54) is 5.56 Å². The molecule has 0 spiro atoms.